The fraction of sp³-hybridized carbons (Fsp3) is 0.400. The molecule has 2 rings (SSSR count). The van der Waals surface area contributed by atoms with E-state index in [-0.39, 0.29) is 5.92 Å². The average Bonchev–Trinajstić information content (AvgIpc) is 2.61. The number of nitrogens with zero attached hydrogens (tertiary/aromatic N) is 2. The second-order valence-electron chi connectivity index (χ2n) is 3.76. The molecule has 2 aromatic rings. The van der Waals surface area contributed by atoms with Crippen LogP contribution in [0.3, 0.4) is 0 Å². The van der Waals surface area contributed by atoms with Gasteiger partial charge in [0.25, 0.3) is 0 Å². The minimum Gasteiger partial charge on any atom is -0.393 e. The van der Waals surface area contributed by atoms with Gasteiger partial charge in [0.1, 0.15) is 11.8 Å². The smallest absolute Gasteiger partial charge is 0.151 e. The van der Waals surface area contributed by atoms with Crippen LogP contribution in [0.5, 0.6) is 0 Å². The van der Waals surface area contributed by atoms with Gasteiger partial charge in [-0.25, -0.2) is 9.97 Å². The van der Waals surface area contributed by atoms with Crippen LogP contribution in [0.1, 0.15) is 25.3 Å². The molecule has 0 aliphatic heterocycles. The lowest BCUT2D eigenvalue weighted by Crippen LogP contribution is -2.10. The van der Waals surface area contributed by atoms with E-state index < -0.39 is 6.10 Å². The molecule has 0 bridgehead atoms. The number of aromatic amines is 1. The molecule has 0 aliphatic carbocycles. The van der Waals surface area contributed by atoms with Gasteiger partial charge in [0.05, 0.1) is 11.6 Å². The van der Waals surface area contributed by atoms with Gasteiger partial charge >= 0.3 is 0 Å². The Morgan fingerprint density at radius 1 is 1.40 bits per heavy atom. The van der Waals surface area contributed by atoms with Gasteiger partial charge in [-0.05, 0) is 6.92 Å². The van der Waals surface area contributed by atoms with Crippen LogP contribution in [0.4, 0.5) is 5.82 Å². The monoisotopic (exact) mass is 206 g/mol. The molecule has 0 radical (unpaired) electrons. The Kier molecular flexibility index (Phi) is 2.32. The number of aliphatic hydroxyl groups excluding tert-OH is 1. The fourth-order valence-electron chi connectivity index (χ4n) is 1.59. The Morgan fingerprint density at radius 2 is 2.13 bits per heavy atom. The van der Waals surface area contributed by atoms with Gasteiger partial charge in [0.15, 0.2) is 5.82 Å². The van der Waals surface area contributed by atoms with Crippen LogP contribution in [0.15, 0.2) is 12.5 Å². The molecule has 0 amide bonds. The molecule has 0 saturated heterocycles. The molecule has 2 atom stereocenters. The van der Waals surface area contributed by atoms with Crippen molar-refractivity contribution in [3.8, 4) is 0 Å². The number of rotatable bonds is 2. The number of fused-ring (bicyclic) bond motifs is 1. The number of hydrogen-bond acceptors (Lipinski definition) is 4. The maximum absolute atomic E-state index is 9.53. The first-order valence-electron chi connectivity index (χ1n) is 4.86. The Labute approximate surface area is 87.4 Å². The number of hydrogen-bond donors (Lipinski definition) is 3. The summed E-state index contributed by atoms with van der Waals surface area (Å²) in [6.45, 7) is 3.71. The summed E-state index contributed by atoms with van der Waals surface area (Å²) in [5, 5.41) is 9.53. The number of aliphatic hydroxyl groups is 1. The van der Waals surface area contributed by atoms with Crippen molar-refractivity contribution < 1.29 is 5.11 Å². The summed E-state index contributed by atoms with van der Waals surface area (Å²) in [5.74, 6) is 0.456. The van der Waals surface area contributed by atoms with E-state index in [9.17, 15) is 5.11 Å². The Balaban J connectivity index is 2.59. The zero-order valence-electron chi connectivity index (χ0n) is 8.73. The van der Waals surface area contributed by atoms with E-state index >= 15 is 0 Å². The van der Waals surface area contributed by atoms with Crippen LogP contribution < -0.4 is 5.73 Å². The molecule has 2 unspecified atom stereocenters. The molecule has 0 fully saturated rings. The maximum Gasteiger partial charge on any atom is 0.151 e. The maximum atomic E-state index is 9.53. The Bertz CT molecular complexity index is 477. The van der Waals surface area contributed by atoms with E-state index in [1.54, 1.807) is 6.92 Å². The van der Waals surface area contributed by atoms with E-state index in [0.29, 0.717) is 5.82 Å². The highest BCUT2D eigenvalue weighted by molar-refractivity contribution is 5.87. The third kappa shape index (κ3) is 1.55. The normalized spacial score (nSPS) is 15.4. The zero-order chi connectivity index (χ0) is 11.0. The van der Waals surface area contributed by atoms with Crippen molar-refractivity contribution in [1.82, 2.24) is 15.0 Å². The van der Waals surface area contributed by atoms with Crippen LogP contribution in [0.25, 0.3) is 11.0 Å². The molecule has 2 heterocycles. The molecule has 5 heteroatoms. The van der Waals surface area contributed by atoms with Gasteiger partial charge in [0, 0.05) is 17.7 Å². The quantitative estimate of drug-likeness (QED) is 0.684. The lowest BCUT2D eigenvalue weighted by molar-refractivity contribution is 0.169. The van der Waals surface area contributed by atoms with Crippen molar-refractivity contribution in [2.24, 2.45) is 0 Å². The summed E-state index contributed by atoms with van der Waals surface area (Å²) in [7, 11) is 0. The molecule has 2 aromatic heterocycles. The molecule has 0 aromatic carbocycles. The molecular weight excluding hydrogens is 192 g/mol. The SMILES string of the molecule is CC(O)C(C)c1c[nH]c2c(N)ncnc12. The second-order valence-corrected chi connectivity index (χ2v) is 3.76. The van der Waals surface area contributed by atoms with Crippen molar-refractivity contribution in [3.63, 3.8) is 0 Å². The van der Waals surface area contributed by atoms with E-state index in [1.165, 1.54) is 6.33 Å². The average molecular weight is 206 g/mol. The Hall–Kier alpha value is -1.62. The van der Waals surface area contributed by atoms with E-state index in [2.05, 4.69) is 15.0 Å². The minimum atomic E-state index is -0.416. The minimum absolute atomic E-state index is 0.0213. The van der Waals surface area contributed by atoms with E-state index in [4.69, 9.17) is 5.73 Å². The standard InChI is InChI=1S/C10H14N4O/c1-5(6(2)15)7-3-12-9-8(7)13-4-14-10(9)11/h3-6,12,15H,1-2H3,(H2,11,13,14). The molecule has 80 valence electrons. The third-order valence-electron chi connectivity index (χ3n) is 2.74. The number of aromatic nitrogens is 3. The molecule has 5 nitrogen and oxygen atoms in total. The van der Waals surface area contributed by atoms with Crippen molar-refractivity contribution in [2.45, 2.75) is 25.9 Å². The number of nitrogens with two attached hydrogens (primary N) is 1. The highest BCUT2D eigenvalue weighted by Crippen LogP contribution is 2.27. The van der Waals surface area contributed by atoms with Gasteiger partial charge in [-0.1, -0.05) is 6.92 Å². The van der Waals surface area contributed by atoms with Crippen molar-refractivity contribution in [2.75, 3.05) is 5.73 Å². The summed E-state index contributed by atoms with van der Waals surface area (Å²) >= 11 is 0. The molecule has 15 heavy (non-hydrogen) atoms. The Morgan fingerprint density at radius 3 is 2.80 bits per heavy atom. The van der Waals surface area contributed by atoms with E-state index in [1.807, 2.05) is 13.1 Å². The largest absolute Gasteiger partial charge is 0.393 e. The van der Waals surface area contributed by atoms with Crippen molar-refractivity contribution in [1.29, 1.82) is 0 Å². The summed E-state index contributed by atoms with van der Waals surface area (Å²) < 4.78 is 0. The van der Waals surface area contributed by atoms with Gasteiger partial charge in [-0.15, -0.1) is 0 Å². The lowest BCUT2D eigenvalue weighted by Gasteiger charge is -2.12. The molecule has 4 N–H and O–H groups in total. The van der Waals surface area contributed by atoms with Crippen LogP contribution in [0, 0.1) is 0 Å². The number of nitrogens with one attached hydrogen (secondary N) is 1. The fourth-order valence-corrected chi connectivity index (χ4v) is 1.59. The lowest BCUT2D eigenvalue weighted by atomic mass is 9.98. The van der Waals surface area contributed by atoms with Crippen molar-refractivity contribution in [3.05, 3.63) is 18.1 Å². The van der Waals surface area contributed by atoms with Crippen LogP contribution in [-0.4, -0.2) is 26.2 Å². The van der Waals surface area contributed by atoms with Gasteiger partial charge < -0.3 is 15.8 Å². The summed E-state index contributed by atoms with van der Waals surface area (Å²) in [5.41, 5.74) is 8.19. The highest BCUT2D eigenvalue weighted by Gasteiger charge is 2.17. The number of H-pyrrole nitrogens is 1. The van der Waals surface area contributed by atoms with Gasteiger partial charge in [0.2, 0.25) is 0 Å². The second kappa shape index (κ2) is 3.51. The van der Waals surface area contributed by atoms with Crippen LogP contribution >= 0.6 is 0 Å². The summed E-state index contributed by atoms with van der Waals surface area (Å²) in [6, 6.07) is 0. The van der Waals surface area contributed by atoms with Crippen LogP contribution in [0.2, 0.25) is 0 Å². The molecule has 0 spiro atoms. The topological polar surface area (TPSA) is 87.8 Å². The summed E-state index contributed by atoms with van der Waals surface area (Å²) in [4.78, 5) is 11.1. The summed E-state index contributed by atoms with van der Waals surface area (Å²) in [6.07, 6.45) is 2.84. The van der Waals surface area contributed by atoms with Crippen LogP contribution in [-0.2, 0) is 0 Å². The van der Waals surface area contributed by atoms with Gasteiger partial charge in [-0.3, -0.25) is 0 Å². The third-order valence-corrected chi connectivity index (χ3v) is 2.74. The predicted octanol–water partition coefficient (Wildman–Crippen LogP) is 1.02. The first-order valence-corrected chi connectivity index (χ1v) is 4.86. The predicted molar refractivity (Wildman–Crippen MR) is 58.4 cm³/mol. The molecular formula is C10H14N4O. The highest BCUT2D eigenvalue weighted by atomic mass is 16.3. The number of anilines is 1. The van der Waals surface area contributed by atoms with Crippen molar-refractivity contribution >= 4 is 16.9 Å². The first-order chi connectivity index (χ1) is 7.11. The van der Waals surface area contributed by atoms with Gasteiger partial charge in [-0.2, -0.15) is 0 Å². The first kappa shape index (κ1) is 9.92. The number of nitrogen functional groups attached to an aromatic ring is 1. The zero-order valence-corrected chi connectivity index (χ0v) is 8.73. The molecule has 0 aliphatic rings. The van der Waals surface area contributed by atoms with E-state index in [0.717, 1.165) is 16.6 Å². The molecule has 0 saturated carbocycles.